The fourth-order valence-electron chi connectivity index (χ4n) is 1.57. The van der Waals surface area contributed by atoms with Crippen molar-refractivity contribution in [3.8, 4) is 0 Å². The van der Waals surface area contributed by atoms with Crippen molar-refractivity contribution in [2.24, 2.45) is 10.2 Å². The van der Waals surface area contributed by atoms with Gasteiger partial charge in [0.15, 0.2) is 17.3 Å². The van der Waals surface area contributed by atoms with Crippen molar-refractivity contribution in [1.82, 2.24) is 0 Å². The maximum Gasteiger partial charge on any atom is 0.338 e. The van der Waals surface area contributed by atoms with Gasteiger partial charge in [0.25, 0.3) is 0 Å². The van der Waals surface area contributed by atoms with Gasteiger partial charge in [-0.05, 0) is 43.3 Å². The summed E-state index contributed by atoms with van der Waals surface area (Å²) in [5, 5.41) is 7.28. The molecule has 21 heavy (non-hydrogen) atoms. The van der Waals surface area contributed by atoms with E-state index >= 15 is 0 Å². The van der Waals surface area contributed by atoms with Crippen LogP contribution in [-0.4, -0.2) is 12.6 Å². The third kappa shape index (κ3) is 3.68. The lowest BCUT2D eigenvalue weighted by molar-refractivity contribution is 0.0526. The summed E-state index contributed by atoms with van der Waals surface area (Å²) in [5.74, 6) is -2.02. The van der Waals surface area contributed by atoms with Crippen molar-refractivity contribution in [2.45, 2.75) is 6.92 Å². The Morgan fingerprint density at radius 1 is 1.05 bits per heavy atom. The Hall–Kier alpha value is -2.63. The Morgan fingerprint density at radius 2 is 1.67 bits per heavy atom. The molecule has 0 atom stereocenters. The van der Waals surface area contributed by atoms with Crippen LogP contribution in [0.15, 0.2) is 52.7 Å². The predicted octanol–water partition coefficient (Wildman–Crippen LogP) is 4.56. The summed E-state index contributed by atoms with van der Waals surface area (Å²) in [6.07, 6.45) is 0. The monoisotopic (exact) mass is 290 g/mol. The number of rotatable bonds is 4. The third-order valence-corrected chi connectivity index (χ3v) is 2.58. The number of nitrogens with zero attached hydrogens (tertiary/aromatic N) is 2. The van der Waals surface area contributed by atoms with Crippen LogP contribution in [0.5, 0.6) is 0 Å². The Balaban J connectivity index is 2.17. The van der Waals surface area contributed by atoms with E-state index in [1.807, 2.05) is 0 Å². The van der Waals surface area contributed by atoms with Crippen molar-refractivity contribution in [3.05, 3.63) is 59.7 Å². The average molecular weight is 290 g/mol. The van der Waals surface area contributed by atoms with E-state index < -0.39 is 23.3 Å². The van der Waals surface area contributed by atoms with Gasteiger partial charge in [0.05, 0.1) is 17.9 Å². The number of carbonyl (C=O) groups is 1. The number of halogens is 2. The van der Waals surface area contributed by atoms with Crippen LogP contribution in [0.2, 0.25) is 0 Å². The van der Waals surface area contributed by atoms with Crippen LogP contribution in [0.4, 0.5) is 20.2 Å². The summed E-state index contributed by atoms with van der Waals surface area (Å²) in [4.78, 5) is 11.4. The molecular weight excluding hydrogens is 278 g/mol. The topological polar surface area (TPSA) is 51.0 Å². The number of hydrogen-bond donors (Lipinski definition) is 0. The molecule has 2 aromatic rings. The Morgan fingerprint density at radius 3 is 2.24 bits per heavy atom. The van der Waals surface area contributed by atoms with Crippen molar-refractivity contribution in [1.29, 1.82) is 0 Å². The lowest BCUT2D eigenvalue weighted by atomic mass is 10.2. The molecule has 0 aliphatic heterocycles. The molecule has 0 unspecified atom stereocenters. The van der Waals surface area contributed by atoms with E-state index in [0.29, 0.717) is 11.3 Å². The number of hydrogen-bond acceptors (Lipinski definition) is 4. The molecule has 108 valence electrons. The Kier molecular flexibility index (Phi) is 4.71. The molecule has 0 saturated carbocycles. The summed E-state index contributed by atoms with van der Waals surface area (Å²) >= 11 is 0. The molecule has 0 heterocycles. The van der Waals surface area contributed by atoms with E-state index in [-0.39, 0.29) is 6.61 Å². The van der Waals surface area contributed by atoms with Crippen molar-refractivity contribution < 1.29 is 18.3 Å². The Labute approximate surface area is 120 Å². The quantitative estimate of drug-likeness (QED) is 0.612. The van der Waals surface area contributed by atoms with Gasteiger partial charge in [0, 0.05) is 0 Å². The van der Waals surface area contributed by atoms with E-state index in [4.69, 9.17) is 4.74 Å². The van der Waals surface area contributed by atoms with Gasteiger partial charge in [0.2, 0.25) is 0 Å². The van der Waals surface area contributed by atoms with Gasteiger partial charge in [0.1, 0.15) is 0 Å². The predicted molar refractivity (Wildman–Crippen MR) is 72.9 cm³/mol. The zero-order valence-electron chi connectivity index (χ0n) is 11.2. The molecule has 0 radical (unpaired) electrons. The SMILES string of the molecule is CCOC(=O)c1ccc(N=Nc2c(F)cccc2F)cc1. The first-order chi connectivity index (χ1) is 10.1. The lowest BCUT2D eigenvalue weighted by Crippen LogP contribution is -2.03. The maximum absolute atomic E-state index is 13.4. The molecule has 2 aromatic carbocycles. The number of benzene rings is 2. The van der Waals surface area contributed by atoms with Crippen LogP contribution < -0.4 is 0 Å². The van der Waals surface area contributed by atoms with E-state index in [1.165, 1.54) is 30.3 Å². The standard InChI is InChI=1S/C15H12F2N2O2/c1-2-21-15(20)10-6-8-11(9-7-10)18-19-14-12(16)4-3-5-13(14)17/h3-9H,2H2,1H3. The zero-order valence-corrected chi connectivity index (χ0v) is 11.2. The lowest BCUT2D eigenvalue weighted by Gasteiger charge is -2.01. The molecule has 0 aliphatic rings. The summed E-state index contributed by atoms with van der Waals surface area (Å²) in [5.41, 5.74) is 0.283. The molecule has 0 fully saturated rings. The first-order valence-corrected chi connectivity index (χ1v) is 6.24. The molecule has 0 saturated heterocycles. The maximum atomic E-state index is 13.4. The molecular formula is C15H12F2N2O2. The van der Waals surface area contributed by atoms with Crippen LogP contribution in [-0.2, 0) is 4.74 Å². The highest BCUT2D eigenvalue weighted by atomic mass is 19.1. The largest absolute Gasteiger partial charge is 0.462 e. The summed E-state index contributed by atoms with van der Waals surface area (Å²) in [7, 11) is 0. The van der Waals surface area contributed by atoms with Gasteiger partial charge in [-0.2, -0.15) is 5.11 Å². The second-order valence-electron chi connectivity index (χ2n) is 4.04. The van der Waals surface area contributed by atoms with Crippen molar-refractivity contribution in [2.75, 3.05) is 6.61 Å². The highest BCUT2D eigenvalue weighted by molar-refractivity contribution is 5.89. The highest BCUT2D eigenvalue weighted by Gasteiger charge is 2.08. The second kappa shape index (κ2) is 6.69. The molecule has 0 N–H and O–H groups in total. The summed E-state index contributed by atoms with van der Waals surface area (Å²) < 4.78 is 31.5. The molecule has 0 aromatic heterocycles. The van der Waals surface area contributed by atoms with E-state index in [9.17, 15) is 13.6 Å². The molecule has 0 amide bonds. The van der Waals surface area contributed by atoms with E-state index in [0.717, 1.165) is 12.1 Å². The molecule has 0 spiro atoms. The number of azo groups is 1. The fraction of sp³-hybridized carbons (Fsp3) is 0.133. The first kappa shape index (κ1) is 14.8. The first-order valence-electron chi connectivity index (χ1n) is 6.24. The normalized spacial score (nSPS) is 10.8. The number of ether oxygens (including phenoxy) is 1. The Bertz CT molecular complexity index is 650. The summed E-state index contributed by atoms with van der Waals surface area (Å²) in [6, 6.07) is 9.47. The molecule has 6 heteroatoms. The van der Waals surface area contributed by atoms with E-state index in [2.05, 4.69) is 10.2 Å². The number of esters is 1. The molecule has 4 nitrogen and oxygen atoms in total. The fourth-order valence-corrected chi connectivity index (χ4v) is 1.57. The average Bonchev–Trinajstić information content (AvgIpc) is 2.47. The minimum absolute atomic E-state index is 0.285. The van der Waals surface area contributed by atoms with Crippen molar-refractivity contribution >= 4 is 17.3 Å². The molecule has 2 rings (SSSR count). The molecule has 0 aliphatic carbocycles. The van der Waals surface area contributed by atoms with Gasteiger partial charge in [-0.3, -0.25) is 0 Å². The van der Waals surface area contributed by atoms with Crippen LogP contribution in [0.3, 0.4) is 0 Å². The van der Waals surface area contributed by atoms with Gasteiger partial charge >= 0.3 is 5.97 Å². The van der Waals surface area contributed by atoms with Gasteiger partial charge in [-0.1, -0.05) is 6.07 Å². The smallest absolute Gasteiger partial charge is 0.338 e. The van der Waals surface area contributed by atoms with Crippen LogP contribution in [0.25, 0.3) is 0 Å². The van der Waals surface area contributed by atoms with Gasteiger partial charge in [-0.25, -0.2) is 13.6 Å². The minimum Gasteiger partial charge on any atom is -0.462 e. The van der Waals surface area contributed by atoms with Gasteiger partial charge < -0.3 is 4.74 Å². The third-order valence-electron chi connectivity index (χ3n) is 2.58. The van der Waals surface area contributed by atoms with Crippen molar-refractivity contribution in [3.63, 3.8) is 0 Å². The number of carbonyl (C=O) groups excluding carboxylic acids is 1. The second-order valence-corrected chi connectivity index (χ2v) is 4.04. The molecule has 0 bridgehead atoms. The minimum atomic E-state index is -0.790. The summed E-state index contributed by atoms with van der Waals surface area (Å²) in [6.45, 7) is 2.00. The zero-order chi connectivity index (χ0) is 15.2. The highest BCUT2D eigenvalue weighted by Crippen LogP contribution is 2.24. The van der Waals surface area contributed by atoms with E-state index in [1.54, 1.807) is 6.92 Å². The van der Waals surface area contributed by atoms with Crippen LogP contribution in [0.1, 0.15) is 17.3 Å². The van der Waals surface area contributed by atoms with Gasteiger partial charge in [-0.15, -0.1) is 5.11 Å². The van der Waals surface area contributed by atoms with Crippen LogP contribution >= 0.6 is 0 Å². The van der Waals surface area contributed by atoms with Crippen LogP contribution in [0, 0.1) is 11.6 Å².